The Kier molecular flexibility index (Phi) is 4.25. The first-order chi connectivity index (χ1) is 9.95. The predicted molar refractivity (Wildman–Crippen MR) is 74.8 cm³/mol. The third kappa shape index (κ3) is 2.62. The van der Waals surface area contributed by atoms with Gasteiger partial charge in [-0.2, -0.15) is 0 Å². The summed E-state index contributed by atoms with van der Waals surface area (Å²) in [4.78, 5) is 25.8. The van der Waals surface area contributed by atoms with E-state index in [2.05, 4.69) is 5.32 Å². The molecule has 6 heteroatoms. The first-order valence-electron chi connectivity index (χ1n) is 7.02. The molecule has 0 unspecified atom stereocenters. The van der Waals surface area contributed by atoms with E-state index >= 15 is 0 Å². The minimum Gasteiger partial charge on any atom is -0.342 e. The van der Waals surface area contributed by atoms with Crippen LogP contribution < -0.4 is 10.2 Å². The monoisotopic (exact) mass is 296 g/mol. The highest BCUT2D eigenvalue weighted by molar-refractivity contribution is 6.04. The SMILES string of the molecule is CCC1(CC)NC(=O)CCN(c2cccc(F)c2F)C1=O. The summed E-state index contributed by atoms with van der Waals surface area (Å²) in [6, 6.07) is 3.69. The van der Waals surface area contributed by atoms with E-state index in [9.17, 15) is 18.4 Å². The van der Waals surface area contributed by atoms with E-state index in [1.54, 1.807) is 13.8 Å². The molecule has 1 saturated heterocycles. The largest absolute Gasteiger partial charge is 0.342 e. The van der Waals surface area contributed by atoms with Gasteiger partial charge in [0.1, 0.15) is 5.54 Å². The molecular formula is C15H18F2N2O2. The summed E-state index contributed by atoms with van der Waals surface area (Å²) in [6.07, 6.45) is 0.840. The fourth-order valence-electron chi connectivity index (χ4n) is 2.62. The Bertz CT molecular complexity index is 571. The molecule has 0 atom stereocenters. The van der Waals surface area contributed by atoms with Crippen molar-refractivity contribution in [1.82, 2.24) is 5.32 Å². The van der Waals surface area contributed by atoms with Crippen LogP contribution in [0.4, 0.5) is 14.5 Å². The minimum absolute atomic E-state index is 0.0345. The van der Waals surface area contributed by atoms with Gasteiger partial charge in [0.2, 0.25) is 5.91 Å². The number of anilines is 1. The molecular weight excluding hydrogens is 278 g/mol. The highest BCUT2D eigenvalue weighted by Crippen LogP contribution is 2.28. The number of carbonyl (C=O) groups is 2. The number of benzene rings is 1. The molecule has 0 radical (unpaired) electrons. The van der Waals surface area contributed by atoms with E-state index in [4.69, 9.17) is 0 Å². The first kappa shape index (κ1) is 15.4. The summed E-state index contributed by atoms with van der Waals surface area (Å²) in [5, 5.41) is 2.73. The molecule has 0 aliphatic carbocycles. The molecule has 2 amide bonds. The standard InChI is InChI=1S/C15H18F2N2O2/c1-3-15(4-2)14(21)19(9-8-12(20)18-15)11-7-5-6-10(16)13(11)17/h5-7H,3-4,8-9H2,1-2H3,(H,18,20). The van der Waals surface area contributed by atoms with Gasteiger partial charge in [-0.3, -0.25) is 9.59 Å². The predicted octanol–water partition coefficient (Wildman–Crippen LogP) is 2.38. The van der Waals surface area contributed by atoms with E-state index in [0.717, 1.165) is 6.07 Å². The number of hydrogen-bond acceptors (Lipinski definition) is 2. The van der Waals surface area contributed by atoms with Crippen molar-refractivity contribution < 1.29 is 18.4 Å². The Hall–Kier alpha value is -1.98. The van der Waals surface area contributed by atoms with Crippen LogP contribution in [0, 0.1) is 11.6 Å². The summed E-state index contributed by atoms with van der Waals surface area (Å²) in [5.74, 6) is -2.74. The van der Waals surface area contributed by atoms with Crippen LogP contribution in [0.2, 0.25) is 0 Å². The van der Waals surface area contributed by atoms with Crippen LogP contribution in [0.15, 0.2) is 18.2 Å². The van der Waals surface area contributed by atoms with Gasteiger partial charge in [-0.05, 0) is 25.0 Å². The smallest absolute Gasteiger partial charge is 0.252 e. The molecule has 1 aliphatic heterocycles. The zero-order valence-corrected chi connectivity index (χ0v) is 12.1. The average Bonchev–Trinajstić information content (AvgIpc) is 2.60. The lowest BCUT2D eigenvalue weighted by Gasteiger charge is -2.33. The second-order valence-corrected chi connectivity index (χ2v) is 5.12. The molecule has 0 bridgehead atoms. The number of nitrogens with zero attached hydrogens (tertiary/aromatic N) is 1. The van der Waals surface area contributed by atoms with Crippen molar-refractivity contribution >= 4 is 17.5 Å². The summed E-state index contributed by atoms with van der Waals surface area (Å²) >= 11 is 0. The molecule has 1 aromatic carbocycles. The third-order valence-corrected chi connectivity index (χ3v) is 4.02. The number of amides is 2. The lowest BCUT2D eigenvalue weighted by molar-refractivity contribution is -0.130. The summed E-state index contributed by atoms with van der Waals surface area (Å²) in [5.41, 5.74) is -1.19. The maximum Gasteiger partial charge on any atom is 0.252 e. The van der Waals surface area contributed by atoms with Crippen molar-refractivity contribution in [3.8, 4) is 0 Å². The fourth-order valence-corrected chi connectivity index (χ4v) is 2.62. The van der Waals surface area contributed by atoms with Gasteiger partial charge in [-0.1, -0.05) is 19.9 Å². The van der Waals surface area contributed by atoms with Crippen molar-refractivity contribution in [2.45, 2.75) is 38.6 Å². The van der Waals surface area contributed by atoms with E-state index < -0.39 is 23.1 Å². The van der Waals surface area contributed by atoms with Gasteiger partial charge >= 0.3 is 0 Å². The quantitative estimate of drug-likeness (QED) is 0.931. The lowest BCUT2D eigenvalue weighted by atomic mass is 9.91. The number of halogens is 2. The van der Waals surface area contributed by atoms with Crippen molar-refractivity contribution in [2.75, 3.05) is 11.4 Å². The molecule has 1 aromatic rings. The molecule has 1 heterocycles. The van der Waals surface area contributed by atoms with Gasteiger partial charge in [-0.25, -0.2) is 8.78 Å². The van der Waals surface area contributed by atoms with E-state index in [1.807, 2.05) is 0 Å². The molecule has 1 N–H and O–H groups in total. The van der Waals surface area contributed by atoms with E-state index in [0.29, 0.717) is 12.8 Å². The van der Waals surface area contributed by atoms with Gasteiger partial charge in [-0.15, -0.1) is 0 Å². The van der Waals surface area contributed by atoms with Crippen LogP contribution in [-0.4, -0.2) is 23.9 Å². The highest BCUT2D eigenvalue weighted by Gasteiger charge is 2.42. The number of carbonyl (C=O) groups excluding carboxylic acids is 2. The number of rotatable bonds is 3. The number of hydrogen-bond donors (Lipinski definition) is 1. The zero-order chi connectivity index (χ0) is 15.6. The second-order valence-electron chi connectivity index (χ2n) is 5.12. The molecule has 1 fully saturated rings. The summed E-state index contributed by atoms with van der Waals surface area (Å²) < 4.78 is 27.4. The molecule has 0 aromatic heterocycles. The zero-order valence-electron chi connectivity index (χ0n) is 12.1. The van der Waals surface area contributed by atoms with Crippen molar-refractivity contribution in [3.63, 3.8) is 0 Å². The average molecular weight is 296 g/mol. The van der Waals surface area contributed by atoms with E-state index in [-0.39, 0.29) is 24.6 Å². The molecule has 0 saturated carbocycles. The van der Waals surface area contributed by atoms with E-state index in [1.165, 1.54) is 17.0 Å². The van der Waals surface area contributed by atoms with Gasteiger partial charge in [0.25, 0.3) is 5.91 Å². The highest BCUT2D eigenvalue weighted by atomic mass is 19.2. The molecule has 2 rings (SSSR count). The van der Waals surface area contributed by atoms with Gasteiger partial charge in [0.05, 0.1) is 5.69 Å². The topological polar surface area (TPSA) is 49.4 Å². The maximum atomic E-state index is 14.0. The minimum atomic E-state index is -1.07. The second kappa shape index (κ2) is 5.79. The van der Waals surface area contributed by atoms with Crippen LogP contribution in [0.5, 0.6) is 0 Å². The van der Waals surface area contributed by atoms with Crippen molar-refractivity contribution in [1.29, 1.82) is 0 Å². The Balaban J connectivity index is 2.50. The fraction of sp³-hybridized carbons (Fsp3) is 0.467. The Morgan fingerprint density at radius 1 is 1.24 bits per heavy atom. The van der Waals surface area contributed by atoms with Crippen LogP contribution >= 0.6 is 0 Å². The maximum absolute atomic E-state index is 14.0. The molecule has 21 heavy (non-hydrogen) atoms. The van der Waals surface area contributed by atoms with Gasteiger partial charge in [0.15, 0.2) is 11.6 Å². The Morgan fingerprint density at radius 2 is 1.90 bits per heavy atom. The van der Waals surface area contributed by atoms with Crippen molar-refractivity contribution in [3.05, 3.63) is 29.8 Å². The summed E-state index contributed by atoms with van der Waals surface area (Å²) in [6.45, 7) is 3.60. The third-order valence-electron chi connectivity index (χ3n) is 4.02. The van der Waals surface area contributed by atoms with Gasteiger partial charge in [0, 0.05) is 13.0 Å². The lowest BCUT2D eigenvalue weighted by Crippen LogP contribution is -2.56. The van der Waals surface area contributed by atoms with Crippen molar-refractivity contribution in [2.24, 2.45) is 0 Å². The molecule has 4 nitrogen and oxygen atoms in total. The van der Waals surface area contributed by atoms with Crippen LogP contribution in [0.25, 0.3) is 0 Å². The molecule has 0 spiro atoms. The Morgan fingerprint density at radius 3 is 2.52 bits per heavy atom. The first-order valence-corrected chi connectivity index (χ1v) is 7.02. The molecule has 114 valence electrons. The van der Waals surface area contributed by atoms with Crippen LogP contribution in [0.1, 0.15) is 33.1 Å². The van der Waals surface area contributed by atoms with Gasteiger partial charge < -0.3 is 10.2 Å². The number of nitrogens with one attached hydrogen (secondary N) is 1. The summed E-state index contributed by atoms with van der Waals surface area (Å²) in [7, 11) is 0. The molecule has 1 aliphatic rings. The normalized spacial score (nSPS) is 18.4. The Labute approximate surface area is 122 Å². The van der Waals surface area contributed by atoms with Crippen LogP contribution in [0.3, 0.4) is 0 Å². The van der Waals surface area contributed by atoms with Crippen LogP contribution in [-0.2, 0) is 9.59 Å².